The van der Waals surface area contributed by atoms with Gasteiger partial charge < -0.3 is 4.74 Å². The van der Waals surface area contributed by atoms with Crippen LogP contribution in [0.15, 0.2) is 45.0 Å². The van der Waals surface area contributed by atoms with Gasteiger partial charge >= 0.3 is 0 Å². The van der Waals surface area contributed by atoms with Crippen LogP contribution in [0.3, 0.4) is 0 Å². The molecule has 0 aliphatic heterocycles. The van der Waals surface area contributed by atoms with Crippen LogP contribution < -0.4 is 9.57 Å². The molecule has 0 atom stereocenters. The fourth-order valence-corrected chi connectivity index (χ4v) is 4.57. The maximum Gasteiger partial charge on any atom is 0.286 e. The first-order valence-electron chi connectivity index (χ1n) is 9.53. The van der Waals surface area contributed by atoms with Crippen LogP contribution >= 0.6 is 22.9 Å². The van der Waals surface area contributed by atoms with Gasteiger partial charge in [0.2, 0.25) is 0 Å². The van der Waals surface area contributed by atoms with Gasteiger partial charge in [-0.25, -0.2) is 0 Å². The second-order valence-electron chi connectivity index (χ2n) is 6.44. The van der Waals surface area contributed by atoms with Crippen molar-refractivity contribution in [3.63, 3.8) is 0 Å². The predicted molar refractivity (Wildman–Crippen MR) is 117 cm³/mol. The topological polar surface area (TPSA) is 67.8 Å². The molecule has 0 aliphatic rings. The van der Waals surface area contributed by atoms with Crippen molar-refractivity contribution in [2.45, 2.75) is 56.1 Å². The van der Waals surface area contributed by atoms with Gasteiger partial charge in [-0.05, 0) is 36.1 Å². The number of nitrogens with zero attached hydrogens (tertiary/aromatic N) is 1. The highest BCUT2D eigenvalue weighted by Crippen LogP contribution is 2.22. The Bertz CT molecular complexity index is 837. The van der Waals surface area contributed by atoms with E-state index in [1.165, 1.54) is 50.8 Å². The van der Waals surface area contributed by atoms with E-state index in [0.29, 0.717) is 22.9 Å². The van der Waals surface area contributed by atoms with E-state index in [-0.39, 0.29) is 4.21 Å². The van der Waals surface area contributed by atoms with Gasteiger partial charge in [-0.1, -0.05) is 63.1 Å². The fourth-order valence-electron chi connectivity index (χ4n) is 2.58. The van der Waals surface area contributed by atoms with Crippen LogP contribution in [0.1, 0.15) is 57.4 Å². The third-order valence-electron chi connectivity index (χ3n) is 4.12. The number of hydrazone groups is 1. The molecule has 28 heavy (non-hydrogen) atoms. The number of benzene rings is 1. The summed E-state index contributed by atoms with van der Waals surface area (Å²) in [5.41, 5.74) is 0.610. The summed E-state index contributed by atoms with van der Waals surface area (Å²) >= 11 is 7.37. The summed E-state index contributed by atoms with van der Waals surface area (Å²) in [7, 11) is -3.63. The molecule has 0 spiro atoms. The predicted octanol–water partition coefficient (Wildman–Crippen LogP) is 5.84. The highest BCUT2D eigenvalue weighted by molar-refractivity contribution is 7.91. The molecule has 1 aromatic carbocycles. The monoisotopic (exact) mass is 442 g/mol. The Balaban J connectivity index is 1.76. The number of thiophene rings is 1. The number of rotatable bonds is 13. The van der Waals surface area contributed by atoms with Gasteiger partial charge in [-0.2, -0.15) is 18.4 Å². The SMILES string of the molecule is CCCCCCCCCOc1ccc(/C=N/NS(=O)(=O)c2cccs2)c(Cl)c1. The highest BCUT2D eigenvalue weighted by atomic mass is 35.5. The Hall–Kier alpha value is -1.57. The second-order valence-corrected chi connectivity index (χ2v) is 9.68. The molecule has 5 nitrogen and oxygen atoms in total. The number of unbranched alkanes of at least 4 members (excludes halogenated alkanes) is 6. The lowest BCUT2D eigenvalue weighted by molar-refractivity contribution is 0.304. The minimum absolute atomic E-state index is 0.213. The van der Waals surface area contributed by atoms with E-state index < -0.39 is 10.0 Å². The lowest BCUT2D eigenvalue weighted by atomic mass is 10.1. The molecular weight excluding hydrogens is 416 g/mol. The molecule has 154 valence electrons. The summed E-state index contributed by atoms with van der Waals surface area (Å²) in [4.78, 5) is 2.18. The quantitative estimate of drug-likeness (QED) is 0.240. The average molecular weight is 443 g/mol. The molecule has 2 aromatic rings. The van der Waals surface area contributed by atoms with E-state index in [2.05, 4.69) is 16.9 Å². The van der Waals surface area contributed by atoms with Crippen molar-refractivity contribution in [2.24, 2.45) is 5.10 Å². The maximum atomic E-state index is 12.0. The highest BCUT2D eigenvalue weighted by Gasteiger charge is 2.13. The Morgan fingerprint density at radius 2 is 1.89 bits per heavy atom. The molecule has 0 bridgehead atoms. The summed E-state index contributed by atoms with van der Waals surface area (Å²) in [5, 5.41) is 5.94. The summed E-state index contributed by atoms with van der Waals surface area (Å²) in [6.45, 7) is 2.89. The molecule has 0 fully saturated rings. The van der Waals surface area contributed by atoms with E-state index in [1.807, 2.05) is 6.07 Å². The van der Waals surface area contributed by atoms with Crippen LogP contribution in [0, 0.1) is 0 Å². The normalized spacial score (nSPS) is 11.8. The van der Waals surface area contributed by atoms with Crippen LogP contribution in [-0.4, -0.2) is 21.2 Å². The van der Waals surface area contributed by atoms with Gasteiger partial charge in [0.15, 0.2) is 0 Å². The van der Waals surface area contributed by atoms with Crippen LogP contribution in [0.25, 0.3) is 0 Å². The van der Waals surface area contributed by atoms with Gasteiger partial charge in [-0.15, -0.1) is 11.3 Å². The number of hydrogen-bond acceptors (Lipinski definition) is 5. The van der Waals surface area contributed by atoms with Gasteiger partial charge in [-0.3, -0.25) is 0 Å². The molecule has 2 rings (SSSR count). The van der Waals surface area contributed by atoms with Crippen LogP contribution in [0.2, 0.25) is 5.02 Å². The van der Waals surface area contributed by atoms with E-state index in [0.717, 1.165) is 17.8 Å². The summed E-state index contributed by atoms with van der Waals surface area (Å²) in [5.74, 6) is 0.701. The molecule has 0 aliphatic carbocycles. The average Bonchev–Trinajstić information content (AvgIpc) is 3.21. The van der Waals surface area contributed by atoms with E-state index in [1.54, 1.807) is 23.6 Å². The summed E-state index contributed by atoms with van der Waals surface area (Å²) in [6.07, 6.45) is 10.0. The molecule has 1 heterocycles. The number of nitrogens with one attached hydrogen (secondary N) is 1. The second kappa shape index (κ2) is 12.1. The van der Waals surface area contributed by atoms with Crippen molar-refractivity contribution in [3.8, 4) is 5.75 Å². The Morgan fingerprint density at radius 3 is 2.57 bits per heavy atom. The lowest BCUT2D eigenvalue weighted by Crippen LogP contribution is -2.17. The molecule has 0 saturated carbocycles. The Morgan fingerprint density at radius 1 is 1.14 bits per heavy atom. The Kier molecular flexibility index (Phi) is 9.81. The van der Waals surface area contributed by atoms with Crippen LogP contribution in [0.4, 0.5) is 0 Å². The fraction of sp³-hybridized carbons (Fsp3) is 0.450. The standard InChI is InChI=1S/C20H27ClN2O3S2/c1-2-3-4-5-6-7-8-13-26-18-12-11-17(19(21)15-18)16-22-23-28(24,25)20-10-9-14-27-20/h9-12,14-16,23H,2-8,13H2,1H3/b22-16+. The third-order valence-corrected chi connectivity index (χ3v) is 7.07. The zero-order valence-electron chi connectivity index (χ0n) is 16.1. The molecule has 0 amide bonds. The molecule has 1 aromatic heterocycles. The maximum absolute atomic E-state index is 12.0. The van der Waals surface area contributed by atoms with Crippen molar-refractivity contribution < 1.29 is 13.2 Å². The number of hydrogen-bond donors (Lipinski definition) is 1. The minimum Gasteiger partial charge on any atom is -0.494 e. The van der Waals surface area contributed by atoms with Crippen LogP contribution in [0.5, 0.6) is 5.75 Å². The van der Waals surface area contributed by atoms with E-state index >= 15 is 0 Å². The van der Waals surface area contributed by atoms with Crippen LogP contribution in [-0.2, 0) is 10.0 Å². The molecule has 8 heteroatoms. The largest absolute Gasteiger partial charge is 0.494 e. The lowest BCUT2D eigenvalue weighted by Gasteiger charge is -2.08. The number of halogens is 1. The zero-order chi connectivity index (χ0) is 20.2. The first kappa shape index (κ1) is 22.7. The zero-order valence-corrected chi connectivity index (χ0v) is 18.5. The molecule has 0 unspecified atom stereocenters. The first-order chi connectivity index (χ1) is 13.5. The number of sulfonamides is 1. The molecule has 1 N–H and O–H groups in total. The van der Waals surface area contributed by atoms with Gasteiger partial charge in [0.25, 0.3) is 10.0 Å². The van der Waals surface area contributed by atoms with Crippen molar-refractivity contribution in [1.29, 1.82) is 0 Å². The third kappa shape index (κ3) is 7.81. The summed E-state index contributed by atoms with van der Waals surface area (Å²) in [6, 6.07) is 8.48. The van der Waals surface area contributed by atoms with Gasteiger partial charge in [0.05, 0.1) is 17.8 Å². The van der Waals surface area contributed by atoms with E-state index in [9.17, 15) is 8.42 Å². The Labute approximate surface area is 176 Å². The first-order valence-corrected chi connectivity index (χ1v) is 12.3. The summed E-state index contributed by atoms with van der Waals surface area (Å²) < 4.78 is 30.0. The smallest absolute Gasteiger partial charge is 0.286 e. The number of ether oxygens (including phenoxy) is 1. The van der Waals surface area contributed by atoms with Gasteiger partial charge in [0.1, 0.15) is 9.96 Å². The van der Waals surface area contributed by atoms with Crippen molar-refractivity contribution in [3.05, 3.63) is 46.3 Å². The van der Waals surface area contributed by atoms with Crippen molar-refractivity contribution in [2.75, 3.05) is 6.61 Å². The van der Waals surface area contributed by atoms with Crippen molar-refractivity contribution >= 4 is 39.2 Å². The molecule has 0 saturated heterocycles. The minimum atomic E-state index is -3.63. The van der Waals surface area contributed by atoms with Gasteiger partial charge in [0, 0.05) is 5.56 Å². The van der Waals surface area contributed by atoms with E-state index in [4.69, 9.17) is 16.3 Å². The van der Waals surface area contributed by atoms with Crippen molar-refractivity contribution in [1.82, 2.24) is 4.83 Å². The molecular formula is C20H27ClN2O3S2. The molecule has 0 radical (unpaired) electrons.